The van der Waals surface area contributed by atoms with Gasteiger partial charge in [0, 0.05) is 30.5 Å². The highest BCUT2D eigenvalue weighted by molar-refractivity contribution is 6.06. The number of carbonyl (C=O) groups is 1. The molecule has 1 amide bonds. The Kier molecular flexibility index (Phi) is 5.98. The number of nitrogens with one attached hydrogen (secondary N) is 2. The van der Waals surface area contributed by atoms with Crippen LogP contribution in [0.4, 0.5) is 24.7 Å². The Morgan fingerprint density at radius 1 is 1.28 bits per heavy atom. The van der Waals surface area contributed by atoms with E-state index in [1.807, 2.05) is 0 Å². The van der Waals surface area contributed by atoms with Gasteiger partial charge in [0.25, 0.3) is 5.91 Å². The Bertz CT molecular complexity index is 942. The van der Waals surface area contributed by atoms with Crippen LogP contribution >= 0.6 is 0 Å². The molecule has 3 rings (SSSR count). The number of aliphatic hydroxyl groups is 1. The minimum atomic E-state index is -4.67. The lowest BCUT2D eigenvalue weighted by Gasteiger charge is -2.16. The molecule has 0 unspecified atom stereocenters. The van der Waals surface area contributed by atoms with Crippen molar-refractivity contribution in [2.24, 2.45) is 5.92 Å². The highest BCUT2D eigenvalue weighted by Gasteiger charge is 2.33. The van der Waals surface area contributed by atoms with Crippen LogP contribution in [-0.2, 0) is 6.18 Å². The molecule has 10 heteroatoms. The summed E-state index contributed by atoms with van der Waals surface area (Å²) in [5.41, 5.74) is -1.68. The molecule has 3 N–H and O–H groups in total. The lowest BCUT2D eigenvalue weighted by Crippen LogP contribution is -2.24. The van der Waals surface area contributed by atoms with Gasteiger partial charge in [-0.25, -0.2) is 9.97 Å². The number of nitriles is 1. The number of halogens is 3. The fourth-order valence-corrected chi connectivity index (χ4v) is 3.27. The standard InChI is InChI=1S/C19H18F3N5O2/c20-19(21,22)14-5-4-13(8-12(14)9-23)27-18(29)16-17(25-7-6-24-16)26-10-11-2-1-3-15(11)28/h4-8,11,15,28H,1-3,10H2,(H,25,26)(H,27,29)/t11-,15+/m0/s1. The molecule has 0 saturated heterocycles. The van der Waals surface area contributed by atoms with Gasteiger partial charge in [-0.1, -0.05) is 6.42 Å². The first-order chi connectivity index (χ1) is 13.8. The van der Waals surface area contributed by atoms with Crippen molar-refractivity contribution >= 4 is 17.4 Å². The number of aromatic nitrogens is 2. The third-order valence-corrected chi connectivity index (χ3v) is 4.77. The molecule has 1 aliphatic carbocycles. The van der Waals surface area contributed by atoms with Gasteiger partial charge in [-0.2, -0.15) is 18.4 Å². The molecule has 1 aromatic heterocycles. The van der Waals surface area contributed by atoms with Crippen molar-refractivity contribution in [3.63, 3.8) is 0 Å². The first-order valence-electron chi connectivity index (χ1n) is 8.95. The number of rotatable bonds is 5. The van der Waals surface area contributed by atoms with Gasteiger partial charge in [-0.3, -0.25) is 4.79 Å². The monoisotopic (exact) mass is 405 g/mol. The van der Waals surface area contributed by atoms with E-state index in [9.17, 15) is 23.1 Å². The number of aliphatic hydroxyl groups excluding tert-OH is 1. The van der Waals surface area contributed by atoms with Crippen molar-refractivity contribution in [1.82, 2.24) is 9.97 Å². The van der Waals surface area contributed by atoms with Crippen LogP contribution in [0.5, 0.6) is 0 Å². The average Bonchev–Trinajstić information content (AvgIpc) is 3.10. The van der Waals surface area contributed by atoms with Crippen LogP contribution < -0.4 is 10.6 Å². The summed E-state index contributed by atoms with van der Waals surface area (Å²) in [5, 5.41) is 24.3. The first-order valence-corrected chi connectivity index (χ1v) is 8.95. The zero-order valence-electron chi connectivity index (χ0n) is 15.2. The molecule has 0 aliphatic heterocycles. The number of hydrogen-bond acceptors (Lipinski definition) is 6. The summed E-state index contributed by atoms with van der Waals surface area (Å²) >= 11 is 0. The Morgan fingerprint density at radius 3 is 2.69 bits per heavy atom. The average molecular weight is 405 g/mol. The summed E-state index contributed by atoms with van der Waals surface area (Å²) in [7, 11) is 0. The molecule has 29 heavy (non-hydrogen) atoms. The second-order valence-corrected chi connectivity index (χ2v) is 6.72. The van der Waals surface area contributed by atoms with E-state index in [1.54, 1.807) is 0 Å². The second kappa shape index (κ2) is 8.45. The van der Waals surface area contributed by atoms with E-state index in [-0.39, 0.29) is 23.1 Å². The molecule has 2 atom stereocenters. The van der Waals surface area contributed by atoms with Gasteiger partial charge in [0.2, 0.25) is 0 Å². The number of amides is 1. The van der Waals surface area contributed by atoms with E-state index < -0.39 is 29.3 Å². The van der Waals surface area contributed by atoms with Crippen molar-refractivity contribution in [2.45, 2.75) is 31.5 Å². The Balaban J connectivity index is 1.75. The fraction of sp³-hybridized carbons (Fsp3) is 0.368. The highest BCUT2D eigenvalue weighted by Crippen LogP contribution is 2.33. The third kappa shape index (κ3) is 4.81. The van der Waals surface area contributed by atoms with Gasteiger partial charge in [-0.15, -0.1) is 0 Å². The minimum absolute atomic E-state index is 0.0300. The van der Waals surface area contributed by atoms with E-state index >= 15 is 0 Å². The van der Waals surface area contributed by atoms with Gasteiger partial charge >= 0.3 is 6.18 Å². The molecule has 1 fully saturated rings. The fourth-order valence-electron chi connectivity index (χ4n) is 3.27. The maximum Gasteiger partial charge on any atom is 0.417 e. The number of anilines is 2. The summed E-state index contributed by atoms with van der Waals surface area (Å²) in [4.78, 5) is 20.7. The van der Waals surface area contributed by atoms with Crippen LogP contribution in [0.1, 0.15) is 40.9 Å². The molecule has 0 spiro atoms. The predicted octanol–water partition coefficient (Wildman–Crippen LogP) is 3.19. The summed E-state index contributed by atoms with van der Waals surface area (Å²) in [6, 6.07) is 4.26. The molecule has 7 nitrogen and oxygen atoms in total. The lowest BCUT2D eigenvalue weighted by atomic mass is 10.1. The Morgan fingerprint density at radius 2 is 2.03 bits per heavy atom. The molecule has 2 aromatic rings. The number of benzene rings is 1. The van der Waals surface area contributed by atoms with Crippen LogP contribution in [0.3, 0.4) is 0 Å². The molecular formula is C19H18F3N5O2. The van der Waals surface area contributed by atoms with Crippen molar-refractivity contribution in [3.05, 3.63) is 47.4 Å². The number of carbonyl (C=O) groups excluding carboxylic acids is 1. The quantitative estimate of drug-likeness (QED) is 0.705. The van der Waals surface area contributed by atoms with Gasteiger partial charge in [0.1, 0.15) is 0 Å². The van der Waals surface area contributed by atoms with Crippen molar-refractivity contribution in [3.8, 4) is 6.07 Å². The molecule has 1 aromatic carbocycles. The summed E-state index contributed by atoms with van der Waals surface area (Å²) in [6.07, 6.45) is 0.159. The molecule has 1 heterocycles. The second-order valence-electron chi connectivity index (χ2n) is 6.72. The largest absolute Gasteiger partial charge is 0.417 e. The third-order valence-electron chi connectivity index (χ3n) is 4.77. The SMILES string of the molecule is N#Cc1cc(NC(=O)c2nccnc2NC[C@@H]2CCC[C@H]2O)ccc1C(F)(F)F. The lowest BCUT2D eigenvalue weighted by molar-refractivity contribution is -0.137. The zero-order chi connectivity index (χ0) is 21.0. The smallest absolute Gasteiger partial charge is 0.393 e. The Labute approximate surface area is 164 Å². The minimum Gasteiger partial charge on any atom is -0.393 e. The van der Waals surface area contributed by atoms with Crippen LogP contribution in [0.25, 0.3) is 0 Å². The molecule has 0 bridgehead atoms. The van der Waals surface area contributed by atoms with Crippen molar-refractivity contribution in [2.75, 3.05) is 17.2 Å². The van der Waals surface area contributed by atoms with E-state index in [2.05, 4.69) is 20.6 Å². The van der Waals surface area contributed by atoms with E-state index in [4.69, 9.17) is 5.26 Å². The van der Waals surface area contributed by atoms with Crippen molar-refractivity contribution in [1.29, 1.82) is 5.26 Å². The Hall–Kier alpha value is -3.19. The van der Waals surface area contributed by atoms with Crippen molar-refractivity contribution < 1.29 is 23.1 Å². The van der Waals surface area contributed by atoms with Gasteiger partial charge in [-0.05, 0) is 31.0 Å². The van der Waals surface area contributed by atoms with Gasteiger partial charge in [0.05, 0.1) is 23.3 Å². The number of nitrogens with zero attached hydrogens (tertiary/aromatic N) is 3. The zero-order valence-corrected chi connectivity index (χ0v) is 15.2. The number of alkyl halides is 3. The molecular weight excluding hydrogens is 387 g/mol. The van der Waals surface area contributed by atoms with Gasteiger partial charge < -0.3 is 15.7 Å². The summed E-state index contributed by atoms with van der Waals surface area (Å²) < 4.78 is 38.7. The summed E-state index contributed by atoms with van der Waals surface area (Å²) in [6.45, 7) is 0.416. The summed E-state index contributed by atoms with van der Waals surface area (Å²) in [5.74, 6) is -0.436. The van der Waals surface area contributed by atoms with E-state index in [0.717, 1.165) is 37.5 Å². The molecule has 0 radical (unpaired) electrons. The van der Waals surface area contributed by atoms with Crippen LogP contribution in [0.15, 0.2) is 30.6 Å². The maximum atomic E-state index is 12.9. The molecule has 1 aliphatic rings. The van der Waals surface area contributed by atoms with Crippen LogP contribution in [0.2, 0.25) is 0 Å². The van der Waals surface area contributed by atoms with E-state index in [1.165, 1.54) is 18.5 Å². The van der Waals surface area contributed by atoms with Crippen LogP contribution in [0, 0.1) is 17.2 Å². The van der Waals surface area contributed by atoms with Crippen LogP contribution in [-0.4, -0.2) is 33.6 Å². The van der Waals surface area contributed by atoms with Gasteiger partial charge in [0.15, 0.2) is 11.5 Å². The normalized spacial score (nSPS) is 18.9. The molecule has 152 valence electrons. The first kappa shape index (κ1) is 20.5. The highest BCUT2D eigenvalue weighted by atomic mass is 19.4. The topological polar surface area (TPSA) is 111 Å². The number of hydrogen-bond donors (Lipinski definition) is 3. The van der Waals surface area contributed by atoms with E-state index in [0.29, 0.717) is 6.54 Å². The predicted molar refractivity (Wildman–Crippen MR) is 98.0 cm³/mol. The maximum absolute atomic E-state index is 12.9. The molecule has 1 saturated carbocycles.